The van der Waals surface area contributed by atoms with Gasteiger partial charge in [-0.25, -0.2) is 4.39 Å². The van der Waals surface area contributed by atoms with Gasteiger partial charge in [0.2, 0.25) is 0 Å². The fraction of sp³-hybridized carbons (Fsp3) is 0.538. The Bertz CT molecular complexity index is 357. The molecule has 1 unspecified atom stereocenters. The molecule has 0 spiro atoms. The molecule has 90 valence electrons. The minimum absolute atomic E-state index is 0.162. The predicted octanol–water partition coefficient (Wildman–Crippen LogP) is 3.66. The SMILES string of the molecule is CNC(Cc1ccc(F)c(Cl)c1)C(C)(C)C. The van der Waals surface area contributed by atoms with E-state index in [2.05, 4.69) is 26.1 Å². The van der Waals surface area contributed by atoms with Gasteiger partial charge in [-0.05, 0) is 36.6 Å². The summed E-state index contributed by atoms with van der Waals surface area (Å²) in [5.41, 5.74) is 1.22. The van der Waals surface area contributed by atoms with Gasteiger partial charge in [-0.15, -0.1) is 0 Å². The van der Waals surface area contributed by atoms with Gasteiger partial charge in [0.05, 0.1) is 5.02 Å². The van der Waals surface area contributed by atoms with E-state index in [9.17, 15) is 4.39 Å². The monoisotopic (exact) mass is 243 g/mol. The average Bonchev–Trinajstić information content (AvgIpc) is 2.18. The lowest BCUT2D eigenvalue weighted by Gasteiger charge is -2.30. The second kappa shape index (κ2) is 5.15. The molecule has 0 amide bonds. The standard InChI is InChI=1S/C13H19ClFN/c1-13(2,3)12(16-4)8-9-5-6-11(15)10(14)7-9/h5-7,12,16H,8H2,1-4H3. The van der Waals surface area contributed by atoms with Crippen molar-refractivity contribution in [3.05, 3.63) is 34.6 Å². The summed E-state index contributed by atoms with van der Waals surface area (Å²) in [6.07, 6.45) is 0.847. The summed E-state index contributed by atoms with van der Waals surface area (Å²) in [5.74, 6) is -0.359. The summed E-state index contributed by atoms with van der Waals surface area (Å²) in [7, 11) is 1.95. The highest BCUT2D eigenvalue weighted by Gasteiger charge is 2.23. The third-order valence-electron chi connectivity index (χ3n) is 2.82. The Labute approximate surface area is 102 Å². The van der Waals surface area contributed by atoms with Gasteiger partial charge in [-0.1, -0.05) is 38.4 Å². The maximum absolute atomic E-state index is 13.0. The Morgan fingerprint density at radius 1 is 1.38 bits per heavy atom. The van der Waals surface area contributed by atoms with Gasteiger partial charge in [0.15, 0.2) is 0 Å². The number of nitrogens with one attached hydrogen (secondary N) is 1. The molecule has 1 aromatic carbocycles. The molecular formula is C13H19ClFN. The summed E-state index contributed by atoms with van der Waals surface area (Å²) in [6, 6.07) is 5.26. The molecule has 1 aromatic rings. The Morgan fingerprint density at radius 2 is 2.00 bits per heavy atom. The summed E-state index contributed by atoms with van der Waals surface area (Å²) in [4.78, 5) is 0. The van der Waals surface area contributed by atoms with Crippen molar-refractivity contribution in [2.45, 2.75) is 33.2 Å². The van der Waals surface area contributed by atoms with Crippen molar-refractivity contribution < 1.29 is 4.39 Å². The van der Waals surface area contributed by atoms with Crippen molar-refractivity contribution in [2.24, 2.45) is 5.41 Å². The van der Waals surface area contributed by atoms with Gasteiger partial charge in [-0.2, -0.15) is 0 Å². The van der Waals surface area contributed by atoms with Crippen LogP contribution in [0.2, 0.25) is 5.02 Å². The first-order valence-corrected chi connectivity index (χ1v) is 5.83. The summed E-state index contributed by atoms with van der Waals surface area (Å²) >= 11 is 5.76. The zero-order chi connectivity index (χ0) is 12.3. The highest BCUT2D eigenvalue weighted by atomic mass is 35.5. The molecule has 0 fully saturated rings. The number of hydrogen-bond acceptors (Lipinski definition) is 1. The topological polar surface area (TPSA) is 12.0 Å². The van der Waals surface area contributed by atoms with Crippen LogP contribution >= 0.6 is 11.6 Å². The molecule has 3 heteroatoms. The fourth-order valence-corrected chi connectivity index (χ4v) is 1.95. The van der Waals surface area contributed by atoms with Gasteiger partial charge in [0.25, 0.3) is 0 Å². The first-order valence-electron chi connectivity index (χ1n) is 5.46. The molecule has 16 heavy (non-hydrogen) atoms. The lowest BCUT2D eigenvalue weighted by molar-refractivity contribution is 0.280. The van der Waals surface area contributed by atoms with E-state index in [4.69, 9.17) is 11.6 Å². The zero-order valence-electron chi connectivity index (χ0n) is 10.3. The molecule has 0 aromatic heterocycles. The number of benzene rings is 1. The second-order valence-corrected chi connectivity index (χ2v) is 5.57. The van der Waals surface area contributed by atoms with Crippen molar-refractivity contribution in [3.8, 4) is 0 Å². The van der Waals surface area contributed by atoms with Crippen molar-refractivity contribution in [2.75, 3.05) is 7.05 Å². The summed E-state index contributed by atoms with van der Waals surface area (Å²) in [5, 5.41) is 3.48. The van der Waals surface area contributed by atoms with Crippen LogP contribution in [0.15, 0.2) is 18.2 Å². The summed E-state index contributed by atoms with van der Waals surface area (Å²) in [6.45, 7) is 6.54. The molecule has 0 saturated heterocycles. The van der Waals surface area contributed by atoms with Crippen molar-refractivity contribution in [3.63, 3.8) is 0 Å². The van der Waals surface area contributed by atoms with Gasteiger partial charge in [0, 0.05) is 6.04 Å². The Hall–Kier alpha value is -0.600. The molecule has 0 saturated carbocycles. The molecule has 1 atom stereocenters. The van der Waals surface area contributed by atoms with Gasteiger partial charge >= 0.3 is 0 Å². The number of hydrogen-bond donors (Lipinski definition) is 1. The second-order valence-electron chi connectivity index (χ2n) is 5.16. The lowest BCUT2D eigenvalue weighted by Crippen LogP contribution is -2.39. The molecule has 1 nitrogen and oxygen atoms in total. The maximum atomic E-state index is 13.0. The molecule has 0 aliphatic rings. The van der Waals surface area contributed by atoms with E-state index in [-0.39, 0.29) is 16.3 Å². The van der Waals surface area contributed by atoms with Crippen LogP contribution in [0.3, 0.4) is 0 Å². The molecule has 0 heterocycles. The van der Waals surface area contributed by atoms with Crippen LogP contribution in [-0.4, -0.2) is 13.1 Å². The van der Waals surface area contributed by atoms with Crippen molar-refractivity contribution >= 4 is 11.6 Å². The lowest BCUT2D eigenvalue weighted by atomic mass is 9.83. The van der Waals surface area contributed by atoms with Crippen LogP contribution in [0.1, 0.15) is 26.3 Å². The minimum Gasteiger partial charge on any atom is -0.316 e. The molecule has 0 aliphatic carbocycles. The third-order valence-corrected chi connectivity index (χ3v) is 3.11. The van der Waals surface area contributed by atoms with Gasteiger partial charge < -0.3 is 5.32 Å². The van der Waals surface area contributed by atoms with Crippen LogP contribution < -0.4 is 5.32 Å². The fourth-order valence-electron chi connectivity index (χ4n) is 1.74. The van der Waals surface area contributed by atoms with E-state index in [1.807, 2.05) is 7.05 Å². The number of rotatable bonds is 3. The smallest absolute Gasteiger partial charge is 0.141 e. The van der Waals surface area contributed by atoms with E-state index >= 15 is 0 Å². The van der Waals surface area contributed by atoms with Gasteiger partial charge in [0.1, 0.15) is 5.82 Å². The molecule has 0 bridgehead atoms. The zero-order valence-corrected chi connectivity index (χ0v) is 11.0. The molecule has 0 radical (unpaired) electrons. The van der Waals surface area contributed by atoms with Crippen LogP contribution in [0.5, 0.6) is 0 Å². The highest BCUT2D eigenvalue weighted by Crippen LogP contribution is 2.24. The average molecular weight is 244 g/mol. The largest absolute Gasteiger partial charge is 0.316 e. The molecule has 1 N–H and O–H groups in total. The predicted molar refractivity (Wildman–Crippen MR) is 67.4 cm³/mol. The quantitative estimate of drug-likeness (QED) is 0.855. The van der Waals surface area contributed by atoms with Gasteiger partial charge in [-0.3, -0.25) is 0 Å². The first kappa shape index (κ1) is 13.5. The Morgan fingerprint density at radius 3 is 2.44 bits per heavy atom. The Balaban J connectivity index is 2.83. The first-order chi connectivity index (χ1) is 7.34. The normalized spacial score (nSPS) is 13.9. The highest BCUT2D eigenvalue weighted by molar-refractivity contribution is 6.30. The van der Waals surface area contributed by atoms with E-state index in [0.717, 1.165) is 12.0 Å². The number of halogens is 2. The van der Waals surface area contributed by atoms with Crippen LogP contribution in [-0.2, 0) is 6.42 Å². The van der Waals surface area contributed by atoms with E-state index in [0.29, 0.717) is 6.04 Å². The van der Waals surface area contributed by atoms with E-state index in [1.165, 1.54) is 6.07 Å². The van der Waals surface area contributed by atoms with Crippen LogP contribution in [0.25, 0.3) is 0 Å². The van der Waals surface area contributed by atoms with Crippen LogP contribution in [0, 0.1) is 11.2 Å². The van der Waals surface area contributed by atoms with E-state index in [1.54, 1.807) is 12.1 Å². The number of likely N-dealkylation sites (N-methyl/N-ethyl adjacent to an activating group) is 1. The molecular weight excluding hydrogens is 225 g/mol. The molecule has 0 aliphatic heterocycles. The molecule has 1 rings (SSSR count). The van der Waals surface area contributed by atoms with E-state index < -0.39 is 0 Å². The van der Waals surface area contributed by atoms with Crippen LogP contribution in [0.4, 0.5) is 4.39 Å². The third kappa shape index (κ3) is 3.46. The Kier molecular flexibility index (Phi) is 4.34. The minimum atomic E-state index is -0.359. The maximum Gasteiger partial charge on any atom is 0.141 e. The van der Waals surface area contributed by atoms with Crippen molar-refractivity contribution in [1.29, 1.82) is 0 Å². The van der Waals surface area contributed by atoms with Crippen molar-refractivity contribution in [1.82, 2.24) is 5.32 Å². The summed E-state index contributed by atoms with van der Waals surface area (Å²) < 4.78 is 13.0.